The minimum Gasteiger partial charge on any atom is -0.381 e. The molecule has 0 spiro atoms. The van der Waals surface area contributed by atoms with Crippen LogP contribution >= 0.6 is 0 Å². The second-order valence-electron chi connectivity index (χ2n) is 8.78. The smallest absolute Gasteiger partial charge is 0.318 e. The number of rotatable bonds is 8. The summed E-state index contributed by atoms with van der Waals surface area (Å²) in [6.07, 6.45) is 5.60. The van der Waals surface area contributed by atoms with Crippen LogP contribution in [0.5, 0.6) is 0 Å². The molecule has 2 aliphatic heterocycles. The fourth-order valence-corrected chi connectivity index (χ4v) is 4.25. The van der Waals surface area contributed by atoms with Crippen LogP contribution in [-0.2, 0) is 22.4 Å². The van der Waals surface area contributed by atoms with Crippen LogP contribution in [-0.4, -0.2) is 54.0 Å². The number of hydrogen-bond donors (Lipinski definition) is 1. The van der Waals surface area contributed by atoms with E-state index in [0.29, 0.717) is 43.8 Å². The number of likely N-dealkylation sites (tertiary alicyclic amines) is 1. The van der Waals surface area contributed by atoms with Crippen molar-refractivity contribution in [2.45, 2.75) is 58.0 Å². The topological polar surface area (TPSA) is 89.7 Å². The largest absolute Gasteiger partial charge is 0.381 e. The quantitative estimate of drug-likeness (QED) is 0.626. The summed E-state index contributed by atoms with van der Waals surface area (Å²) < 4.78 is 16.8. The predicted molar refractivity (Wildman–Crippen MR) is 119 cm³/mol. The molecule has 2 amide bonds. The molecule has 2 fully saturated rings. The summed E-state index contributed by atoms with van der Waals surface area (Å²) in [6.45, 7) is 6.24. The van der Waals surface area contributed by atoms with Crippen LogP contribution in [0.4, 0.5) is 4.79 Å². The number of amides is 2. The molecule has 0 saturated carbocycles. The summed E-state index contributed by atoms with van der Waals surface area (Å²) in [5.41, 5.74) is 2.29. The van der Waals surface area contributed by atoms with E-state index in [2.05, 4.69) is 34.5 Å². The molecule has 0 aliphatic carbocycles. The number of urea groups is 1. The molecule has 2 saturated heterocycles. The van der Waals surface area contributed by atoms with Gasteiger partial charge < -0.3 is 24.2 Å². The lowest BCUT2D eigenvalue weighted by Crippen LogP contribution is -2.44. The van der Waals surface area contributed by atoms with Gasteiger partial charge in [0.15, 0.2) is 5.82 Å². The van der Waals surface area contributed by atoms with Gasteiger partial charge in [-0.25, -0.2) is 4.79 Å². The fraction of sp³-hybridized carbons (Fsp3) is 0.625. The van der Waals surface area contributed by atoms with Gasteiger partial charge in [-0.3, -0.25) is 0 Å². The number of ether oxygens (including phenoxy) is 2. The maximum absolute atomic E-state index is 12.9. The van der Waals surface area contributed by atoms with Crippen LogP contribution in [0.25, 0.3) is 0 Å². The highest BCUT2D eigenvalue weighted by molar-refractivity contribution is 5.74. The van der Waals surface area contributed by atoms with Crippen LogP contribution in [0.2, 0.25) is 0 Å². The fourth-order valence-electron chi connectivity index (χ4n) is 4.25. The molecule has 2 aromatic rings. The van der Waals surface area contributed by atoms with E-state index in [0.717, 1.165) is 57.5 Å². The number of piperidine rings is 1. The van der Waals surface area contributed by atoms with Crippen LogP contribution in [0.15, 0.2) is 28.8 Å². The average molecular weight is 443 g/mol. The monoisotopic (exact) mass is 442 g/mol. The number of hydrogen-bond acceptors (Lipinski definition) is 6. The van der Waals surface area contributed by atoms with Gasteiger partial charge >= 0.3 is 6.03 Å². The van der Waals surface area contributed by atoms with Crippen molar-refractivity contribution < 1.29 is 18.8 Å². The second kappa shape index (κ2) is 11.4. The molecule has 1 unspecified atom stereocenters. The highest BCUT2D eigenvalue weighted by Gasteiger charge is 2.32. The van der Waals surface area contributed by atoms with Gasteiger partial charge in [-0.1, -0.05) is 35.0 Å². The van der Waals surface area contributed by atoms with Gasteiger partial charge in [0.25, 0.3) is 0 Å². The molecule has 8 heteroatoms. The molecule has 174 valence electrons. The van der Waals surface area contributed by atoms with E-state index in [-0.39, 0.29) is 12.1 Å². The Hall–Kier alpha value is -2.45. The summed E-state index contributed by atoms with van der Waals surface area (Å²) in [5, 5.41) is 7.16. The van der Waals surface area contributed by atoms with Gasteiger partial charge in [0.05, 0.1) is 6.61 Å². The number of benzene rings is 1. The molecule has 32 heavy (non-hydrogen) atoms. The van der Waals surface area contributed by atoms with E-state index in [1.165, 1.54) is 5.56 Å². The molecular weight excluding hydrogens is 408 g/mol. The normalized spacial score (nSPS) is 19.8. The van der Waals surface area contributed by atoms with Gasteiger partial charge in [0, 0.05) is 39.3 Å². The van der Waals surface area contributed by atoms with Crippen molar-refractivity contribution in [2.75, 3.05) is 33.0 Å². The van der Waals surface area contributed by atoms with Crippen LogP contribution in [0.3, 0.4) is 0 Å². The number of carbonyl (C=O) groups is 1. The number of aryl methyl sites for hydroxylation is 1. The van der Waals surface area contributed by atoms with Gasteiger partial charge in [-0.05, 0) is 50.5 Å². The van der Waals surface area contributed by atoms with Crippen molar-refractivity contribution in [1.29, 1.82) is 0 Å². The summed E-state index contributed by atoms with van der Waals surface area (Å²) in [4.78, 5) is 19.3. The minimum absolute atomic E-state index is 0.0881. The summed E-state index contributed by atoms with van der Waals surface area (Å²) in [5.74, 6) is 1.74. The zero-order chi connectivity index (χ0) is 22.2. The van der Waals surface area contributed by atoms with E-state index in [4.69, 9.17) is 14.0 Å². The van der Waals surface area contributed by atoms with Gasteiger partial charge in [-0.15, -0.1) is 0 Å². The van der Waals surface area contributed by atoms with Crippen molar-refractivity contribution in [3.05, 3.63) is 47.1 Å². The van der Waals surface area contributed by atoms with Crippen LogP contribution in [0.1, 0.15) is 61.0 Å². The van der Waals surface area contributed by atoms with E-state index in [1.807, 2.05) is 17.0 Å². The summed E-state index contributed by atoms with van der Waals surface area (Å²) in [6, 6.07) is 7.92. The highest BCUT2D eigenvalue weighted by Crippen LogP contribution is 2.30. The molecule has 1 aromatic carbocycles. The minimum atomic E-state index is -0.175. The molecule has 0 radical (unpaired) electrons. The lowest BCUT2D eigenvalue weighted by atomic mass is 10.0. The molecule has 8 nitrogen and oxygen atoms in total. The molecule has 3 heterocycles. The first kappa shape index (κ1) is 22.7. The van der Waals surface area contributed by atoms with Crippen molar-refractivity contribution >= 4 is 6.03 Å². The third-order valence-corrected chi connectivity index (χ3v) is 6.26. The first-order valence-electron chi connectivity index (χ1n) is 11.8. The zero-order valence-corrected chi connectivity index (χ0v) is 18.9. The lowest BCUT2D eigenvalue weighted by Gasteiger charge is -2.33. The van der Waals surface area contributed by atoms with Crippen molar-refractivity contribution in [3.63, 3.8) is 0 Å². The standard InChI is InChI=1S/C24H34N4O4/c1-18-5-7-19(8-6-18)16-25-24(29)28-12-3-2-4-21(28)23-26-22(27-32-23)11-15-31-17-20-9-13-30-14-10-20/h5-8,20-21H,2-4,9-17H2,1H3,(H,25,29). The Morgan fingerprint density at radius 2 is 2.00 bits per heavy atom. The molecule has 2 aliphatic rings. The lowest BCUT2D eigenvalue weighted by molar-refractivity contribution is 0.0211. The van der Waals surface area contributed by atoms with Gasteiger partial charge in [-0.2, -0.15) is 4.98 Å². The number of aromatic nitrogens is 2. The Balaban J connectivity index is 1.26. The molecule has 1 atom stereocenters. The van der Waals surface area contributed by atoms with Crippen LogP contribution < -0.4 is 5.32 Å². The maximum atomic E-state index is 12.9. The number of carbonyl (C=O) groups excluding carboxylic acids is 1. The molecule has 1 aromatic heterocycles. The number of nitrogens with zero attached hydrogens (tertiary/aromatic N) is 3. The third kappa shape index (κ3) is 6.29. The molecule has 0 bridgehead atoms. The first-order valence-corrected chi connectivity index (χ1v) is 11.8. The number of nitrogens with one attached hydrogen (secondary N) is 1. The zero-order valence-electron chi connectivity index (χ0n) is 18.9. The van der Waals surface area contributed by atoms with Gasteiger partial charge in [0.2, 0.25) is 5.89 Å². The SMILES string of the molecule is Cc1ccc(CNC(=O)N2CCCCC2c2nc(CCOCC3CCOCC3)no2)cc1. The Labute approximate surface area is 189 Å². The second-order valence-corrected chi connectivity index (χ2v) is 8.78. The maximum Gasteiger partial charge on any atom is 0.318 e. The summed E-state index contributed by atoms with van der Waals surface area (Å²) in [7, 11) is 0. The van der Waals surface area contributed by atoms with E-state index < -0.39 is 0 Å². The Bertz CT molecular complexity index is 848. The average Bonchev–Trinajstić information content (AvgIpc) is 3.31. The molecule has 1 N–H and O–H groups in total. The van der Waals surface area contributed by atoms with Crippen LogP contribution in [0, 0.1) is 12.8 Å². The Kier molecular flexibility index (Phi) is 8.12. The molecular formula is C24H34N4O4. The predicted octanol–water partition coefficient (Wildman–Crippen LogP) is 3.80. The van der Waals surface area contributed by atoms with E-state index >= 15 is 0 Å². The Morgan fingerprint density at radius 3 is 2.81 bits per heavy atom. The Morgan fingerprint density at radius 1 is 1.19 bits per heavy atom. The highest BCUT2D eigenvalue weighted by atomic mass is 16.5. The van der Waals surface area contributed by atoms with Crippen molar-refractivity contribution in [1.82, 2.24) is 20.4 Å². The molecule has 4 rings (SSSR count). The first-order chi connectivity index (χ1) is 15.7. The van der Waals surface area contributed by atoms with Crippen molar-refractivity contribution in [3.8, 4) is 0 Å². The van der Waals surface area contributed by atoms with Crippen molar-refractivity contribution in [2.24, 2.45) is 5.92 Å². The van der Waals surface area contributed by atoms with E-state index in [1.54, 1.807) is 0 Å². The van der Waals surface area contributed by atoms with Gasteiger partial charge in [0.1, 0.15) is 6.04 Å². The third-order valence-electron chi connectivity index (χ3n) is 6.26. The van der Waals surface area contributed by atoms with E-state index in [9.17, 15) is 4.79 Å². The summed E-state index contributed by atoms with van der Waals surface area (Å²) >= 11 is 0.